The van der Waals surface area contributed by atoms with Crippen molar-refractivity contribution < 1.29 is 19.1 Å². The zero-order valence-electron chi connectivity index (χ0n) is 7.36. The van der Waals surface area contributed by atoms with Crippen LogP contribution in [0.2, 0.25) is 0 Å². The first-order valence-corrected chi connectivity index (χ1v) is 4.35. The summed E-state index contributed by atoms with van der Waals surface area (Å²) in [5, 5.41) is 3.66. The summed E-state index contributed by atoms with van der Waals surface area (Å²) in [7, 11) is 0. The fourth-order valence-corrected chi connectivity index (χ4v) is 1.50. The lowest BCUT2D eigenvalue weighted by molar-refractivity contribution is -0.135. The Bertz CT molecular complexity index is 251. The molecule has 0 aromatic rings. The number of rotatable bonds is 2. The second-order valence-electron chi connectivity index (χ2n) is 2.94. The van der Waals surface area contributed by atoms with Gasteiger partial charge in [-0.3, -0.25) is 0 Å². The van der Waals surface area contributed by atoms with Crippen LogP contribution in [-0.2, 0) is 19.1 Å². The van der Waals surface area contributed by atoms with Crippen LogP contribution in [0.1, 0.15) is 13.3 Å². The Morgan fingerprint density at radius 2 is 2.62 bits per heavy atom. The summed E-state index contributed by atoms with van der Waals surface area (Å²) in [5.41, 5.74) is 0.365. The van der Waals surface area contributed by atoms with E-state index in [9.17, 15) is 4.79 Å². The Labute approximate surface area is 75.6 Å². The highest BCUT2D eigenvalue weighted by Gasteiger charge is 2.43. The third kappa shape index (κ3) is 1.39. The Kier molecular flexibility index (Phi) is 2.18. The van der Waals surface area contributed by atoms with Crippen LogP contribution in [0.5, 0.6) is 0 Å². The molecule has 0 N–H and O–H groups in total. The SMILES string of the molecule is CCOC(=O)C1=NOC2OCCC12. The van der Waals surface area contributed by atoms with E-state index in [1.165, 1.54) is 0 Å². The van der Waals surface area contributed by atoms with Crippen LogP contribution >= 0.6 is 0 Å². The maximum atomic E-state index is 11.3. The van der Waals surface area contributed by atoms with E-state index < -0.39 is 0 Å². The van der Waals surface area contributed by atoms with Crippen molar-refractivity contribution >= 4 is 11.7 Å². The number of ether oxygens (including phenoxy) is 2. The molecule has 5 nitrogen and oxygen atoms in total. The van der Waals surface area contributed by atoms with Crippen molar-refractivity contribution in [2.45, 2.75) is 19.6 Å². The maximum Gasteiger partial charge on any atom is 0.356 e. The van der Waals surface area contributed by atoms with Gasteiger partial charge < -0.3 is 14.3 Å². The van der Waals surface area contributed by atoms with Gasteiger partial charge in [0.1, 0.15) is 0 Å². The molecule has 72 valence electrons. The predicted molar refractivity (Wildman–Crippen MR) is 43.0 cm³/mol. The lowest BCUT2D eigenvalue weighted by Gasteiger charge is -2.05. The third-order valence-electron chi connectivity index (χ3n) is 2.13. The molecule has 2 heterocycles. The highest BCUT2D eigenvalue weighted by atomic mass is 16.8. The molecule has 2 rings (SSSR count). The number of carbonyl (C=O) groups excluding carboxylic acids is 1. The van der Waals surface area contributed by atoms with Gasteiger partial charge in [-0.15, -0.1) is 0 Å². The second kappa shape index (κ2) is 3.33. The van der Waals surface area contributed by atoms with E-state index in [-0.39, 0.29) is 18.2 Å². The first kappa shape index (κ1) is 8.50. The van der Waals surface area contributed by atoms with Gasteiger partial charge in [-0.2, -0.15) is 0 Å². The van der Waals surface area contributed by atoms with E-state index in [1.807, 2.05) is 0 Å². The van der Waals surface area contributed by atoms with Crippen molar-refractivity contribution in [3.05, 3.63) is 0 Å². The van der Waals surface area contributed by atoms with Crippen LogP contribution in [0.3, 0.4) is 0 Å². The Morgan fingerprint density at radius 1 is 1.77 bits per heavy atom. The molecule has 2 unspecified atom stereocenters. The summed E-state index contributed by atoms with van der Waals surface area (Å²) in [6.07, 6.45) is 0.418. The van der Waals surface area contributed by atoms with Gasteiger partial charge in [0.25, 0.3) is 0 Å². The van der Waals surface area contributed by atoms with Crippen molar-refractivity contribution in [2.24, 2.45) is 11.1 Å². The van der Waals surface area contributed by atoms with Gasteiger partial charge in [0.15, 0.2) is 5.71 Å². The average molecular weight is 185 g/mol. The summed E-state index contributed by atoms with van der Waals surface area (Å²) in [6, 6.07) is 0. The van der Waals surface area contributed by atoms with Gasteiger partial charge in [-0.1, -0.05) is 5.16 Å². The standard InChI is InChI=1S/C8H11NO4/c1-2-11-7(10)6-5-3-4-12-8(5)13-9-6/h5,8H,2-4H2,1H3. The molecule has 0 aromatic carbocycles. The van der Waals surface area contributed by atoms with E-state index in [2.05, 4.69) is 5.16 Å². The summed E-state index contributed by atoms with van der Waals surface area (Å²) >= 11 is 0. The van der Waals surface area contributed by atoms with Crippen molar-refractivity contribution in [3.8, 4) is 0 Å². The maximum absolute atomic E-state index is 11.3. The molecular weight excluding hydrogens is 174 g/mol. The minimum Gasteiger partial charge on any atom is -0.461 e. The molecule has 2 aliphatic heterocycles. The summed E-state index contributed by atoms with van der Waals surface area (Å²) in [6.45, 7) is 2.74. The molecule has 0 bridgehead atoms. The minimum atomic E-state index is -0.388. The van der Waals surface area contributed by atoms with Crippen LogP contribution in [0.15, 0.2) is 5.16 Å². The number of fused-ring (bicyclic) bond motifs is 1. The van der Waals surface area contributed by atoms with Gasteiger partial charge in [-0.05, 0) is 13.3 Å². The normalized spacial score (nSPS) is 30.7. The van der Waals surface area contributed by atoms with Crippen LogP contribution < -0.4 is 0 Å². The first-order valence-electron chi connectivity index (χ1n) is 4.35. The Balaban J connectivity index is 2.03. The second-order valence-corrected chi connectivity index (χ2v) is 2.94. The molecule has 2 atom stereocenters. The predicted octanol–water partition coefficient (Wildman–Crippen LogP) is 0.298. The van der Waals surface area contributed by atoms with Crippen molar-refractivity contribution in [3.63, 3.8) is 0 Å². The van der Waals surface area contributed by atoms with Gasteiger partial charge in [0, 0.05) is 0 Å². The van der Waals surface area contributed by atoms with E-state index in [4.69, 9.17) is 14.3 Å². The van der Waals surface area contributed by atoms with Gasteiger partial charge in [0.2, 0.25) is 6.29 Å². The smallest absolute Gasteiger partial charge is 0.356 e. The molecule has 2 aliphatic rings. The van der Waals surface area contributed by atoms with Gasteiger partial charge in [0.05, 0.1) is 19.1 Å². The van der Waals surface area contributed by atoms with E-state index >= 15 is 0 Å². The van der Waals surface area contributed by atoms with Crippen molar-refractivity contribution in [1.29, 1.82) is 0 Å². The summed E-state index contributed by atoms with van der Waals surface area (Å²) in [5.74, 6) is -0.417. The van der Waals surface area contributed by atoms with Gasteiger partial charge >= 0.3 is 5.97 Å². The number of hydrogen-bond donors (Lipinski definition) is 0. The fraction of sp³-hybridized carbons (Fsp3) is 0.750. The molecule has 1 saturated heterocycles. The van der Waals surface area contributed by atoms with E-state index in [0.717, 1.165) is 6.42 Å². The van der Waals surface area contributed by atoms with E-state index in [0.29, 0.717) is 18.9 Å². The van der Waals surface area contributed by atoms with Crippen molar-refractivity contribution in [1.82, 2.24) is 0 Å². The lowest BCUT2D eigenvalue weighted by atomic mass is 10.0. The minimum absolute atomic E-state index is 0.0287. The van der Waals surface area contributed by atoms with E-state index in [1.54, 1.807) is 6.92 Å². The molecule has 0 aromatic heterocycles. The molecule has 1 fully saturated rings. The molecule has 0 amide bonds. The zero-order chi connectivity index (χ0) is 9.26. The molecule has 0 saturated carbocycles. The third-order valence-corrected chi connectivity index (χ3v) is 2.13. The number of esters is 1. The van der Waals surface area contributed by atoms with Crippen molar-refractivity contribution in [2.75, 3.05) is 13.2 Å². The lowest BCUT2D eigenvalue weighted by Crippen LogP contribution is -2.26. The largest absolute Gasteiger partial charge is 0.461 e. The monoisotopic (exact) mass is 185 g/mol. The highest BCUT2D eigenvalue weighted by molar-refractivity contribution is 6.37. The number of oxime groups is 1. The fourth-order valence-electron chi connectivity index (χ4n) is 1.50. The van der Waals surface area contributed by atoms with Crippen LogP contribution in [0.25, 0.3) is 0 Å². The molecule has 5 heteroatoms. The van der Waals surface area contributed by atoms with Crippen LogP contribution in [-0.4, -0.2) is 31.2 Å². The zero-order valence-corrected chi connectivity index (χ0v) is 7.36. The first-order chi connectivity index (χ1) is 6.33. The van der Waals surface area contributed by atoms with Crippen LogP contribution in [0.4, 0.5) is 0 Å². The molecule has 0 spiro atoms. The molecule has 0 radical (unpaired) electrons. The average Bonchev–Trinajstić information content (AvgIpc) is 2.62. The quantitative estimate of drug-likeness (QED) is 0.580. The number of nitrogens with zero attached hydrogens (tertiary/aromatic N) is 1. The van der Waals surface area contributed by atoms with Crippen LogP contribution in [0, 0.1) is 5.92 Å². The highest BCUT2D eigenvalue weighted by Crippen LogP contribution is 2.29. The Hall–Kier alpha value is -1.10. The number of carbonyl (C=O) groups is 1. The summed E-state index contributed by atoms with van der Waals surface area (Å²) in [4.78, 5) is 16.2. The van der Waals surface area contributed by atoms with Gasteiger partial charge in [-0.25, -0.2) is 4.79 Å². The molecule has 13 heavy (non-hydrogen) atoms. The number of hydrogen-bond acceptors (Lipinski definition) is 5. The summed E-state index contributed by atoms with van der Waals surface area (Å²) < 4.78 is 10.0. The molecule has 0 aliphatic carbocycles. The molecular formula is C8H11NO4. The topological polar surface area (TPSA) is 57.1 Å². The Morgan fingerprint density at radius 3 is 3.38 bits per heavy atom.